The van der Waals surface area contributed by atoms with Crippen molar-refractivity contribution in [1.82, 2.24) is 15.6 Å². The van der Waals surface area contributed by atoms with Crippen molar-refractivity contribution < 1.29 is 18.0 Å². The van der Waals surface area contributed by atoms with Crippen LogP contribution in [-0.2, 0) is 0 Å². The molecular weight excluding hydrogens is 405 g/mol. The van der Waals surface area contributed by atoms with Crippen molar-refractivity contribution in [2.24, 2.45) is 0 Å². The molecule has 1 atom stereocenters. The molecule has 8 heteroatoms. The van der Waals surface area contributed by atoms with Crippen LogP contribution in [0.3, 0.4) is 0 Å². The summed E-state index contributed by atoms with van der Waals surface area (Å²) in [6, 6.07) is 3.13. The van der Waals surface area contributed by atoms with Gasteiger partial charge in [0.05, 0.1) is 11.3 Å². The van der Waals surface area contributed by atoms with E-state index in [0.29, 0.717) is 41.8 Å². The van der Waals surface area contributed by atoms with Crippen molar-refractivity contribution in [3.05, 3.63) is 47.8 Å². The third kappa shape index (κ3) is 3.89. The van der Waals surface area contributed by atoms with Crippen LogP contribution in [0.15, 0.2) is 30.6 Å². The molecule has 1 saturated carbocycles. The molecule has 1 aromatic heterocycles. The number of pyridine rings is 1. The molecule has 1 spiro atoms. The molecule has 2 aliphatic heterocycles. The number of anilines is 1. The van der Waals surface area contributed by atoms with Crippen molar-refractivity contribution in [3.8, 4) is 11.1 Å². The molecule has 5 nitrogen and oxygen atoms in total. The Kier molecular flexibility index (Phi) is 5.12. The van der Waals surface area contributed by atoms with E-state index >= 15 is 0 Å². The Morgan fingerprint density at radius 1 is 1.16 bits per heavy atom. The number of nitrogens with one attached hydrogen (secondary N) is 2. The summed E-state index contributed by atoms with van der Waals surface area (Å²) in [4.78, 5) is 19.4. The van der Waals surface area contributed by atoms with Crippen LogP contribution in [0.1, 0.15) is 42.5 Å². The van der Waals surface area contributed by atoms with Gasteiger partial charge in [-0.1, -0.05) is 0 Å². The molecule has 2 saturated heterocycles. The van der Waals surface area contributed by atoms with Crippen molar-refractivity contribution in [2.75, 3.05) is 24.5 Å². The number of carbonyl (C=O) groups excluding carboxylic acids is 1. The second kappa shape index (κ2) is 7.82. The van der Waals surface area contributed by atoms with Crippen LogP contribution in [0.2, 0.25) is 0 Å². The molecule has 31 heavy (non-hydrogen) atoms. The monoisotopic (exact) mass is 430 g/mol. The summed E-state index contributed by atoms with van der Waals surface area (Å²) in [5.74, 6) is -1.71. The van der Waals surface area contributed by atoms with Crippen LogP contribution in [0.25, 0.3) is 11.1 Å². The first-order valence-electron chi connectivity index (χ1n) is 10.8. The fourth-order valence-corrected chi connectivity index (χ4v) is 5.09. The second-order valence-corrected chi connectivity index (χ2v) is 8.96. The van der Waals surface area contributed by atoms with Crippen LogP contribution in [-0.4, -0.2) is 48.3 Å². The van der Waals surface area contributed by atoms with Gasteiger partial charge in [0.1, 0.15) is 17.8 Å². The molecule has 3 aliphatic rings. The Balaban J connectivity index is 1.55. The van der Waals surface area contributed by atoms with Gasteiger partial charge < -0.3 is 15.5 Å². The zero-order valence-electron chi connectivity index (χ0n) is 17.1. The molecule has 0 radical (unpaired) electrons. The van der Waals surface area contributed by atoms with Gasteiger partial charge in [-0.2, -0.15) is 0 Å². The highest BCUT2D eigenvalue weighted by Crippen LogP contribution is 2.40. The largest absolute Gasteiger partial charge is 0.368 e. The Morgan fingerprint density at radius 2 is 1.94 bits per heavy atom. The standard InChI is InChI=1S/C23H25F3N4O/c24-15-6-14(7-16(25)8-15)19-11-27-12-20(22(31)29-18-9-17(26)10-18)21(19)30-5-3-23(13-30)2-1-4-28-23/h6-8,11-12,17-18,28H,1-5,9-10,13H2,(H,29,31). The SMILES string of the molecule is O=C(NC1CC(F)C1)c1cncc(-c2cc(F)cc(F)c2)c1N1CCC2(CCCN2)C1. The number of amides is 1. The van der Waals surface area contributed by atoms with Gasteiger partial charge in [0.2, 0.25) is 0 Å². The van der Waals surface area contributed by atoms with Gasteiger partial charge in [-0.15, -0.1) is 0 Å². The maximum absolute atomic E-state index is 14.0. The quantitative estimate of drug-likeness (QED) is 0.779. The number of hydrogen-bond acceptors (Lipinski definition) is 4. The van der Waals surface area contributed by atoms with Crippen LogP contribution in [0, 0.1) is 11.6 Å². The van der Waals surface area contributed by atoms with Crippen molar-refractivity contribution in [1.29, 1.82) is 0 Å². The van der Waals surface area contributed by atoms with Crippen LogP contribution < -0.4 is 15.5 Å². The molecule has 1 aliphatic carbocycles. The summed E-state index contributed by atoms with van der Waals surface area (Å²) in [7, 11) is 0. The number of halogens is 3. The zero-order chi connectivity index (χ0) is 21.6. The fraction of sp³-hybridized carbons (Fsp3) is 0.478. The lowest BCUT2D eigenvalue weighted by Gasteiger charge is -2.32. The van der Waals surface area contributed by atoms with E-state index in [-0.39, 0.29) is 17.5 Å². The van der Waals surface area contributed by atoms with E-state index in [1.165, 1.54) is 18.3 Å². The number of alkyl halides is 1. The van der Waals surface area contributed by atoms with Gasteiger partial charge in [-0.3, -0.25) is 9.78 Å². The molecule has 3 heterocycles. The molecule has 3 fully saturated rings. The van der Waals surface area contributed by atoms with Crippen molar-refractivity contribution in [3.63, 3.8) is 0 Å². The molecule has 1 aromatic carbocycles. The molecule has 1 unspecified atom stereocenters. The number of rotatable bonds is 4. The molecule has 0 bridgehead atoms. The zero-order valence-corrected chi connectivity index (χ0v) is 17.1. The van der Waals surface area contributed by atoms with Gasteiger partial charge in [-0.05, 0) is 56.3 Å². The number of aromatic nitrogens is 1. The fourth-order valence-electron chi connectivity index (χ4n) is 5.09. The third-order valence-corrected chi connectivity index (χ3v) is 6.75. The van der Waals surface area contributed by atoms with E-state index in [1.54, 1.807) is 6.20 Å². The first-order valence-corrected chi connectivity index (χ1v) is 10.8. The molecule has 1 amide bonds. The van der Waals surface area contributed by atoms with E-state index < -0.39 is 17.8 Å². The summed E-state index contributed by atoms with van der Waals surface area (Å²) in [5.41, 5.74) is 1.82. The van der Waals surface area contributed by atoms with Gasteiger partial charge in [0, 0.05) is 48.7 Å². The Bertz CT molecular complexity index is 982. The van der Waals surface area contributed by atoms with Gasteiger partial charge in [0.25, 0.3) is 5.91 Å². The minimum absolute atomic E-state index is 0.00308. The summed E-state index contributed by atoms with van der Waals surface area (Å²) in [6.45, 7) is 2.39. The highest BCUT2D eigenvalue weighted by Gasteiger charge is 2.42. The minimum Gasteiger partial charge on any atom is -0.368 e. The number of nitrogens with zero attached hydrogens (tertiary/aromatic N) is 2. The lowest BCUT2D eigenvalue weighted by Crippen LogP contribution is -2.46. The molecule has 5 rings (SSSR count). The lowest BCUT2D eigenvalue weighted by molar-refractivity contribution is 0.0860. The van der Waals surface area contributed by atoms with Crippen LogP contribution in [0.5, 0.6) is 0 Å². The first-order chi connectivity index (χ1) is 14.9. The average Bonchev–Trinajstić information content (AvgIpc) is 3.35. The molecule has 2 N–H and O–H groups in total. The van der Waals surface area contributed by atoms with Crippen molar-refractivity contribution >= 4 is 11.6 Å². The minimum atomic E-state index is -0.878. The maximum atomic E-state index is 14.0. The van der Waals surface area contributed by atoms with Crippen LogP contribution in [0.4, 0.5) is 18.9 Å². The van der Waals surface area contributed by atoms with E-state index in [0.717, 1.165) is 38.4 Å². The average molecular weight is 430 g/mol. The number of hydrogen-bond donors (Lipinski definition) is 2. The highest BCUT2D eigenvalue weighted by molar-refractivity contribution is 6.03. The van der Waals surface area contributed by atoms with Gasteiger partial charge in [-0.25, -0.2) is 13.2 Å². The lowest BCUT2D eigenvalue weighted by atomic mass is 9.90. The second-order valence-electron chi connectivity index (χ2n) is 8.96. The van der Waals surface area contributed by atoms with Crippen molar-refractivity contribution in [2.45, 2.75) is 49.9 Å². The van der Waals surface area contributed by atoms with E-state index in [1.807, 2.05) is 0 Å². The maximum Gasteiger partial charge on any atom is 0.255 e. The summed E-state index contributed by atoms with van der Waals surface area (Å²) >= 11 is 0. The van der Waals surface area contributed by atoms with Crippen LogP contribution >= 0.6 is 0 Å². The Morgan fingerprint density at radius 3 is 2.61 bits per heavy atom. The Labute approximate surface area is 179 Å². The van der Waals surface area contributed by atoms with Gasteiger partial charge >= 0.3 is 0 Å². The first kappa shape index (κ1) is 20.3. The molecule has 164 valence electrons. The summed E-state index contributed by atoms with van der Waals surface area (Å²) in [5, 5.41) is 6.47. The summed E-state index contributed by atoms with van der Waals surface area (Å²) < 4.78 is 41.2. The predicted octanol–water partition coefficient (Wildman–Crippen LogP) is 3.59. The smallest absolute Gasteiger partial charge is 0.255 e. The summed E-state index contributed by atoms with van der Waals surface area (Å²) in [6.07, 6.45) is 5.86. The van der Waals surface area contributed by atoms with Gasteiger partial charge in [0.15, 0.2) is 0 Å². The van der Waals surface area contributed by atoms with E-state index in [2.05, 4.69) is 20.5 Å². The predicted molar refractivity (Wildman–Crippen MR) is 112 cm³/mol. The van der Waals surface area contributed by atoms with E-state index in [9.17, 15) is 18.0 Å². The number of benzene rings is 1. The normalized spacial score (nSPS) is 27.5. The third-order valence-electron chi connectivity index (χ3n) is 6.75. The topological polar surface area (TPSA) is 57.3 Å². The molecule has 2 aromatic rings. The number of carbonyl (C=O) groups is 1. The highest BCUT2D eigenvalue weighted by atomic mass is 19.1. The Hall–Kier alpha value is -2.61. The van der Waals surface area contributed by atoms with E-state index in [4.69, 9.17) is 0 Å². The molecular formula is C23H25F3N4O.